The highest BCUT2D eigenvalue weighted by molar-refractivity contribution is 7.88. The number of nitrogens with one attached hydrogen (secondary N) is 1. The Kier molecular flexibility index (Phi) is 6.25. The maximum Gasteiger partial charge on any atom is 0.239 e. The quantitative estimate of drug-likeness (QED) is 0.829. The molecular weight excluding hydrogens is 352 g/mol. The van der Waals surface area contributed by atoms with Crippen LogP contribution in [0.2, 0.25) is 5.02 Å². The van der Waals surface area contributed by atoms with Crippen molar-refractivity contribution in [2.45, 2.75) is 32.8 Å². The summed E-state index contributed by atoms with van der Waals surface area (Å²) >= 11 is 6.18. The average molecular weight is 375 g/mol. The summed E-state index contributed by atoms with van der Waals surface area (Å²) in [5.74, 6) is -0.424. The number of halogens is 1. The van der Waals surface area contributed by atoms with Gasteiger partial charge < -0.3 is 10.1 Å². The van der Waals surface area contributed by atoms with E-state index in [-0.39, 0.29) is 19.2 Å². The van der Waals surface area contributed by atoms with Crippen molar-refractivity contribution in [2.24, 2.45) is 0 Å². The predicted molar refractivity (Wildman–Crippen MR) is 94.9 cm³/mol. The van der Waals surface area contributed by atoms with Crippen LogP contribution in [0.4, 0.5) is 5.69 Å². The minimum atomic E-state index is -3.51. The zero-order valence-electron chi connectivity index (χ0n) is 14.1. The molecular formula is C16H23ClN2O4S. The summed E-state index contributed by atoms with van der Waals surface area (Å²) in [5, 5.41) is 3.15. The van der Waals surface area contributed by atoms with Crippen LogP contribution in [-0.2, 0) is 19.6 Å². The lowest BCUT2D eigenvalue weighted by atomic mass is 10.1. The van der Waals surface area contributed by atoms with Crippen molar-refractivity contribution in [3.63, 3.8) is 0 Å². The van der Waals surface area contributed by atoms with Crippen LogP contribution in [0.25, 0.3) is 0 Å². The Morgan fingerprint density at radius 3 is 2.67 bits per heavy atom. The molecule has 0 aliphatic carbocycles. The molecule has 1 unspecified atom stereocenters. The number of hydrogen-bond donors (Lipinski definition) is 1. The zero-order valence-corrected chi connectivity index (χ0v) is 15.7. The van der Waals surface area contributed by atoms with Gasteiger partial charge in [-0.25, -0.2) is 8.42 Å². The molecule has 1 N–H and O–H groups in total. The highest BCUT2D eigenvalue weighted by Crippen LogP contribution is 2.27. The molecule has 24 heavy (non-hydrogen) atoms. The van der Waals surface area contributed by atoms with Gasteiger partial charge in [0.05, 0.1) is 29.6 Å². The topological polar surface area (TPSA) is 75.7 Å². The van der Waals surface area contributed by atoms with E-state index in [4.69, 9.17) is 16.3 Å². The van der Waals surface area contributed by atoms with E-state index in [1.54, 1.807) is 6.07 Å². The van der Waals surface area contributed by atoms with Gasteiger partial charge in [-0.3, -0.25) is 4.79 Å². The first-order valence-corrected chi connectivity index (χ1v) is 10.0. The Bertz CT molecular complexity index is 692. The van der Waals surface area contributed by atoms with E-state index in [1.165, 1.54) is 0 Å². The number of carbonyl (C=O) groups excluding carboxylic acids is 1. The molecule has 8 heteroatoms. The van der Waals surface area contributed by atoms with Crippen LogP contribution >= 0.6 is 11.6 Å². The molecule has 1 aromatic rings. The number of sulfonamides is 1. The van der Waals surface area contributed by atoms with Gasteiger partial charge in [-0.05, 0) is 43.9 Å². The SMILES string of the molecule is Cc1cc(C)c(NC(=O)CN(CC2CCCO2)S(C)(=O)=O)c(Cl)c1. The van der Waals surface area contributed by atoms with E-state index in [0.29, 0.717) is 17.3 Å². The fourth-order valence-electron chi connectivity index (χ4n) is 2.75. The van der Waals surface area contributed by atoms with Crippen molar-refractivity contribution in [1.29, 1.82) is 0 Å². The van der Waals surface area contributed by atoms with Gasteiger partial charge >= 0.3 is 0 Å². The molecule has 1 aliphatic heterocycles. The molecule has 0 aromatic heterocycles. The first kappa shape index (κ1) is 19.2. The van der Waals surface area contributed by atoms with Gasteiger partial charge in [0.25, 0.3) is 0 Å². The first-order chi connectivity index (χ1) is 11.2. The second-order valence-electron chi connectivity index (χ2n) is 6.18. The third-order valence-corrected chi connectivity index (χ3v) is 5.43. The third-order valence-electron chi connectivity index (χ3n) is 3.92. The standard InChI is InChI=1S/C16H23ClN2O4S/c1-11-7-12(2)16(14(17)8-11)18-15(20)10-19(24(3,21)22)9-13-5-4-6-23-13/h7-8,13H,4-6,9-10H2,1-3H3,(H,18,20). The van der Waals surface area contributed by atoms with Gasteiger partial charge in [-0.1, -0.05) is 17.7 Å². The van der Waals surface area contributed by atoms with E-state index in [0.717, 1.165) is 34.5 Å². The molecule has 1 aromatic carbocycles. The number of carbonyl (C=O) groups is 1. The molecule has 0 spiro atoms. The first-order valence-electron chi connectivity index (χ1n) is 7.80. The van der Waals surface area contributed by atoms with Gasteiger partial charge in [0, 0.05) is 13.2 Å². The number of anilines is 1. The summed E-state index contributed by atoms with van der Waals surface area (Å²) in [6, 6.07) is 3.66. The van der Waals surface area contributed by atoms with E-state index in [1.807, 2.05) is 19.9 Å². The molecule has 1 atom stereocenters. The van der Waals surface area contributed by atoms with Crippen molar-refractivity contribution >= 4 is 33.2 Å². The minimum absolute atomic E-state index is 0.155. The van der Waals surface area contributed by atoms with Crippen molar-refractivity contribution in [3.8, 4) is 0 Å². The second-order valence-corrected chi connectivity index (χ2v) is 8.57. The summed E-state index contributed by atoms with van der Waals surface area (Å²) in [5.41, 5.74) is 2.34. The molecule has 2 rings (SSSR count). The van der Waals surface area contributed by atoms with Gasteiger partial charge in [0.2, 0.25) is 15.9 Å². The summed E-state index contributed by atoms with van der Waals surface area (Å²) < 4.78 is 30.5. The number of rotatable bonds is 6. The summed E-state index contributed by atoms with van der Waals surface area (Å²) in [7, 11) is -3.51. The normalized spacial score (nSPS) is 18.1. The Hall–Kier alpha value is -1.15. The molecule has 1 amide bonds. The maximum atomic E-state index is 12.3. The molecule has 134 valence electrons. The largest absolute Gasteiger partial charge is 0.377 e. The summed E-state index contributed by atoms with van der Waals surface area (Å²) in [4.78, 5) is 12.3. The van der Waals surface area contributed by atoms with Crippen LogP contribution < -0.4 is 5.32 Å². The lowest BCUT2D eigenvalue weighted by molar-refractivity contribution is -0.116. The molecule has 1 saturated heterocycles. The van der Waals surface area contributed by atoms with Crippen LogP contribution in [0.15, 0.2) is 12.1 Å². The Labute approximate surface area is 148 Å². The molecule has 0 bridgehead atoms. The molecule has 1 heterocycles. The molecule has 0 radical (unpaired) electrons. The van der Waals surface area contributed by atoms with Crippen molar-refractivity contribution in [3.05, 3.63) is 28.3 Å². The fraction of sp³-hybridized carbons (Fsp3) is 0.562. The van der Waals surface area contributed by atoms with Crippen molar-refractivity contribution < 1.29 is 17.9 Å². The molecule has 6 nitrogen and oxygen atoms in total. The number of benzene rings is 1. The Balaban J connectivity index is 2.07. The van der Waals surface area contributed by atoms with Gasteiger partial charge in [0.15, 0.2) is 0 Å². The average Bonchev–Trinajstić information content (AvgIpc) is 2.94. The minimum Gasteiger partial charge on any atom is -0.377 e. The maximum absolute atomic E-state index is 12.3. The number of hydrogen-bond acceptors (Lipinski definition) is 4. The van der Waals surface area contributed by atoms with Crippen LogP contribution in [0, 0.1) is 13.8 Å². The highest BCUT2D eigenvalue weighted by atomic mass is 35.5. The van der Waals surface area contributed by atoms with Crippen LogP contribution in [0.1, 0.15) is 24.0 Å². The summed E-state index contributed by atoms with van der Waals surface area (Å²) in [6.07, 6.45) is 2.65. The van der Waals surface area contributed by atoms with E-state index >= 15 is 0 Å². The van der Waals surface area contributed by atoms with Crippen LogP contribution in [0.5, 0.6) is 0 Å². The molecule has 1 aliphatic rings. The number of nitrogens with zero attached hydrogens (tertiary/aromatic N) is 1. The fourth-order valence-corrected chi connectivity index (χ4v) is 3.90. The van der Waals surface area contributed by atoms with Crippen molar-refractivity contribution in [2.75, 3.05) is 31.3 Å². The predicted octanol–water partition coefficient (Wildman–Crippen LogP) is 2.34. The number of aryl methyl sites for hydroxylation is 2. The third kappa shape index (κ3) is 5.17. The van der Waals surface area contributed by atoms with Crippen molar-refractivity contribution in [1.82, 2.24) is 4.31 Å². The summed E-state index contributed by atoms with van der Waals surface area (Å²) in [6.45, 7) is 4.31. The monoisotopic (exact) mass is 374 g/mol. The lowest BCUT2D eigenvalue weighted by Crippen LogP contribution is -2.41. The number of amides is 1. The Morgan fingerprint density at radius 2 is 2.12 bits per heavy atom. The second kappa shape index (κ2) is 7.82. The van der Waals surface area contributed by atoms with Gasteiger partial charge in [-0.2, -0.15) is 4.31 Å². The van der Waals surface area contributed by atoms with Gasteiger partial charge in [0.1, 0.15) is 0 Å². The molecule has 0 saturated carbocycles. The number of ether oxygens (including phenoxy) is 1. The van der Waals surface area contributed by atoms with Gasteiger partial charge in [-0.15, -0.1) is 0 Å². The molecule has 1 fully saturated rings. The zero-order chi connectivity index (χ0) is 17.9. The Morgan fingerprint density at radius 1 is 1.42 bits per heavy atom. The van der Waals surface area contributed by atoms with E-state index in [9.17, 15) is 13.2 Å². The van der Waals surface area contributed by atoms with E-state index < -0.39 is 15.9 Å². The van der Waals surface area contributed by atoms with E-state index in [2.05, 4.69) is 5.32 Å². The lowest BCUT2D eigenvalue weighted by Gasteiger charge is -2.23. The highest BCUT2D eigenvalue weighted by Gasteiger charge is 2.26. The smallest absolute Gasteiger partial charge is 0.239 e. The van der Waals surface area contributed by atoms with Crippen LogP contribution in [0.3, 0.4) is 0 Å². The van der Waals surface area contributed by atoms with Crippen LogP contribution in [-0.4, -0.2) is 50.7 Å².